The van der Waals surface area contributed by atoms with Crippen molar-refractivity contribution >= 4 is 32.1 Å². The molecule has 162 valence electrons. The minimum atomic E-state index is -3.74. The van der Waals surface area contributed by atoms with Crippen molar-refractivity contribution in [2.75, 3.05) is 11.9 Å². The molecule has 3 aromatic rings. The summed E-state index contributed by atoms with van der Waals surface area (Å²) in [6.45, 7) is 2.65. The van der Waals surface area contributed by atoms with Crippen LogP contribution in [0.5, 0.6) is 5.75 Å². The van der Waals surface area contributed by atoms with Crippen molar-refractivity contribution in [3.8, 4) is 5.75 Å². The zero-order chi connectivity index (χ0) is 21.8. The Morgan fingerprint density at radius 3 is 2.45 bits per heavy atom. The molecule has 0 saturated carbocycles. The largest absolute Gasteiger partial charge is 0.494 e. The quantitative estimate of drug-likeness (QED) is 0.510. The first kappa shape index (κ1) is 21.6. The van der Waals surface area contributed by atoms with Gasteiger partial charge in [0.15, 0.2) is 0 Å². The molecule has 4 rings (SSSR count). The van der Waals surface area contributed by atoms with Gasteiger partial charge in [0.2, 0.25) is 9.84 Å². The fourth-order valence-electron chi connectivity index (χ4n) is 3.72. The molecule has 0 saturated heterocycles. The standard InChI is InChI=1S/C24H25NO4S2/c1-2-16-29-18-14-12-17(13-15-18)23(26)25-24-22(20-10-6-7-11-21(20)30-24)31(27,28)19-8-4-3-5-9-19/h3-5,8-9,12-15H,2,6-7,10-11,16H2,1H3,(H,25,26). The highest BCUT2D eigenvalue weighted by Crippen LogP contribution is 2.43. The van der Waals surface area contributed by atoms with Gasteiger partial charge in [0.1, 0.15) is 15.6 Å². The zero-order valence-electron chi connectivity index (χ0n) is 17.4. The Morgan fingerprint density at radius 2 is 1.74 bits per heavy atom. The Bertz CT molecular complexity index is 1170. The fraction of sp³-hybridized carbons (Fsp3) is 0.292. The van der Waals surface area contributed by atoms with Crippen molar-refractivity contribution in [2.45, 2.75) is 48.8 Å². The van der Waals surface area contributed by atoms with Gasteiger partial charge < -0.3 is 10.1 Å². The summed E-state index contributed by atoms with van der Waals surface area (Å²) in [5.74, 6) is 0.377. The van der Waals surface area contributed by atoms with Gasteiger partial charge in [-0.2, -0.15) is 0 Å². The predicted octanol–water partition coefficient (Wildman–Crippen LogP) is 5.50. The van der Waals surface area contributed by atoms with Crippen LogP contribution in [0.2, 0.25) is 0 Å². The molecule has 7 heteroatoms. The first-order valence-corrected chi connectivity index (χ1v) is 12.8. The van der Waals surface area contributed by atoms with Crippen LogP contribution in [-0.2, 0) is 22.7 Å². The molecular formula is C24H25NO4S2. The van der Waals surface area contributed by atoms with E-state index in [2.05, 4.69) is 5.32 Å². The van der Waals surface area contributed by atoms with Gasteiger partial charge in [-0.15, -0.1) is 11.3 Å². The number of benzene rings is 2. The molecule has 0 atom stereocenters. The van der Waals surface area contributed by atoms with Crippen molar-refractivity contribution in [3.63, 3.8) is 0 Å². The lowest BCUT2D eigenvalue weighted by molar-refractivity contribution is 0.102. The molecule has 0 spiro atoms. The average Bonchev–Trinajstić information content (AvgIpc) is 3.17. The molecule has 0 unspecified atom stereocenters. The molecule has 0 bridgehead atoms. The van der Waals surface area contributed by atoms with Gasteiger partial charge >= 0.3 is 0 Å². The number of amides is 1. The highest BCUT2D eigenvalue weighted by atomic mass is 32.2. The van der Waals surface area contributed by atoms with Gasteiger partial charge in [-0.05, 0) is 74.1 Å². The number of ether oxygens (including phenoxy) is 1. The van der Waals surface area contributed by atoms with Crippen LogP contribution in [0, 0.1) is 0 Å². The minimum Gasteiger partial charge on any atom is -0.494 e. The number of anilines is 1. The molecule has 1 aromatic heterocycles. The number of fused-ring (bicyclic) bond motifs is 1. The lowest BCUT2D eigenvalue weighted by Crippen LogP contribution is -2.14. The smallest absolute Gasteiger partial charge is 0.256 e. The van der Waals surface area contributed by atoms with E-state index in [9.17, 15) is 13.2 Å². The lowest BCUT2D eigenvalue weighted by Gasteiger charge is -2.14. The van der Waals surface area contributed by atoms with Crippen molar-refractivity contribution in [1.82, 2.24) is 0 Å². The van der Waals surface area contributed by atoms with E-state index in [-0.39, 0.29) is 15.7 Å². The van der Waals surface area contributed by atoms with Crippen molar-refractivity contribution in [1.29, 1.82) is 0 Å². The number of aryl methyl sites for hydroxylation is 1. The summed E-state index contributed by atoms with van der Waals surface area (Å²) in [5, 5.41) is 3.29. The van der Waals surface area contributed by atoms with E-state index in [0.29, 0.717) is 29.3 Å². The maximum atomic E-state index is 13.5. The van der Waals surface area contributed by atoms with Crippen LogP contribution in [0.1, 0.15) is 47.0 Å². The van der Waals surface area contributed by atoms with Crippen molar-refractivity contribution in [3.05, 3.63) is 70.6 Å². The minimum absolute atomic E-state index is 0.245. The zero-order valence-corrected chi connectivity index (χ0v) is 19.0. The number of thiophene rings is 1. The molecule has 1 aliphatic rings. The number of carbonyl (C=O) groups excluding carboxylic acids is 1. The Kier molecular flexibility index (Phi) is 6.43. The molecule has 0 radical (unpaired) electrons. The third-order valence-corrected chi connectivity index (χ3v) is 8.48. The van der Waals surface area contributed by atoms with E-state index < -0.39 is 9.84 Å². The fourth-order valence-corrected chi connectivity index (χ4v) is 7.01. The molecule has 2 aromatic carbocycles. The molecule has 5 nitrogen and oxygen atoms in total. The van der Waals surface area contributed by atoms with Crippen LogP contribution in [0.25, 0.3) is 0 Å². The molecule has 1 heterocycles. The Balaban J connectivity index is 1.67. The summed E-state index contributed by atoms with van der Waals surface area (Å²) in [6.07, 6.45) is 4.45. The van der Waals surface area contributed by atoms with E-state index in [0.717, 1.165) is 36.1 Å². The normalized spacial score (nSPS) is 13.5. The average molecular weight is 456 g/mol. The van der Waals surface area contributed by atoms with E-state index in [1.807, 2.05) is 6.92 Å². The maximum Gasteiger partial charge on any atom is 0.256 e. The van der Waals surface area contributed by atoms with Crippen molar-refractivity contribution in [2.24, 2.45) is 0 Å². The molecule has 1 aliphatic carbocycles. The summed E-state index contributed by atoms with van der Waals surface area (Å²) in [7, 11) is -3.74. The maximum absolute atomic E-state index is 13.5. The number of sulfone groups is 1. The second-order valence-electron chi connectivity index (χ2n) is 7.51. The highest BCUT2D eigenvalue weighted by molar-refractivity contribution is 7.92. The van der Waals surface area contributed by atoms with Crippen LogP contribution in [0.15, 0.2) is 64.4 Å². The third-order valence-electron chi connectivity index (χ3n) is 5.26. The van der Waals surface area contributed by atoms with Crippen LogP contribution >= 0.6 is 11.3 Å². The van der Waals surface area contributed by atoms with E-state index >= 15 is 0 Å². The third kappa shape index (κ3) is 4.52. The van der Waals surface area contributed by atoms with Crippen LogP contribution < -0.4 is 10.1 Å². The van der Waals surface area contributed by atoms with E-state index in [1.54, 1.807) is 54.6 Å². The Hall–Kier alpha value is -2.64. The van der Waals surface area contributed by atoms with Gasteiger partial charge in [-0.1, -0.05) is 25.1 Å². The molecule has 0 aliphatic heterocycles. The summed E-state index contributed by atoms with van der Waals surface area (Å²) < 4.78 is 32.5. The first-order valence-electron chi connectivity index (χ1n) is 10.5. The van der Waals surface area contributed by atoms with Gasteiger partial charge in [-0.25, -0.2) is 8.42 Å². The topological polar surface area (TPSA) is 72.5 Å². The lowest BCUT2D eigenvalue weighted by atomic mass is 9.99. The Morgan fingerprint density at radius 1 is 1.03 bits per heavy atom. The van der Waals surface area contributed by atoms with Crippen LogP contribution in [0.3, 0.4) is 0 Å². The number of carbonyl (C=O) groups is 1. The monoisotopic (exact) mass is 455 g/mol. The second-order valence-corrected chi connectivity index (χ2v) is 10.5. The summed E-state index contributed by atoms with van der Waals surface area (Å²) >= 11 is 1.38. The molecular weight excluding hydrogens is 430 g/mol. The van der Waals surface area contributed by atoms with Gasteiger partial charge in [0.25, 0.3) is 5.91 Å². The van der Waals surface area contributed by atoms with E-state index in [4.69, 9.17) is 4.74 Å². The predicted molar refractivity (Wildman–Crippen MR) is 123 cm³/mol. The van der Waals surface area contributed by atoms with E-state index in [1.165, 1.54) is 11.3 Å². The first-order chi connectivity index (χ1) is 15.0. The second kappa shape index (κ2) is 9.24. The number of hydrogen-bond acceptors (Lipinski definition) is 5. The SMILES string of the molecule is CCCOc1ccc(C(=O)Nc2sc3c(c2S(=O)(=O)c2ccccc2)CCCC3)cc1. The number of rotatable bonds is 7. The van der Waals surface area contributed by atoms with Crippen LogP contribution in [0.4, 0.5) is 5.00 Å². The van der Waals surface area contributed by atoms with Gasteiger partial charge in [-0.3, -0.25) is 4.79 Å². The Labute approximate surface area is 187 Å². The molecule has 0 fully saturated rings. The summed E-state index contributed by atoms with van der Waals surface area (Å²) in [4.78, 5) is 14.5. The number of nitrogens with one attached hydrogen (secondary N) is 1. The van der Waals surface area contributed by atoms with Crippen LogP contribution in [-0.4, -0.2) is 20.9 Å². The molecule has 1 N–H and O–H groups in total. The summed E-state index contributed by atoms with van der Waals surface area (Å²) in [5.41, 5.74) is 1.32. The molecule has 1 amide bonds. The highest BCUT2D eigenvalue weighted by Gasteiger charge is 2.31. The summed E-state index contributed by atoms with van der Waals surface area (Å²) in [6, 6.07) is 15.3. The van der Waals surface area contributed by atoms with Gasteiger partial charge in [0, 0.05) is 10.4 Å². The van der Waals surface area contributed by atoms with Crippen molar-refractivity contribution < 1.29 is 17.9 Å². The van der Waals surface area contributed by atoms with Gasteiger partial charge in [0.05, 0.1) is 11.5 Å². The number of hydrogen-bond donors (Lipinski definition) is 1. The molecule has 31 heavy (non-hydrogen) atoms.